The Labute approximate surface area is 99.5 Å². The molecule has 0 aromatic carbocycles. The van der Waals surface area contributed by atoms with Gasteiger partial charge in [0.2, 0.25) is 0 Å². The Hall–Kier alpha value is -0.320. The molecular weight excluding hydrogens is 291 g/mol. The molecule has 2 atom stereocenters. The Morgan fingerprint density at radius 2 is 1.93 bits per heavy atom. The van der Waals surface area contributed by atoms with Gasteiger partial charge in [0, 0.05) is 12.8 Å². The minimum absolute atomic E-state index is 0.0648. The number of allylic oxidation sites excluding steroid dienone is 2. The van der Waals surface area contributed by atoms with Crippen molar-refractivity contribution in [1.82, 2.24) is 0 Å². The lowest BCUT2D eigenvalue weighted by Crippen LogP contribution is -2.19. The first kappa shape index (κ1) is 13.7. The molecule has 0 aliphatic rings. The SMILES string of the molecule is CC(=O)OC(C)C(C)/C=C(C)/C=C/I. The molecule has 0 heterocycles. The monoisotopic (exact) mass is 308 g/mol. The Morgan fingerprint density at radius 3 is 2.36 bits per heavy atom. The van der Waals surface area contributed by atoms with Crippen molar-refractivity contribution in [3.05, 3.63) is 21.8 Å². The first-order chi connectivity index (χ1) is 6.47. The molecule has 0 aliphatic heterocycles. The molecule has 3 heteroatoms. The zero-order valence-corrected chi connectivity index (χ0v) is 11.2. The number of hydrogen-bond acceptors (Lipinski definition) is 2. The van der Waals surface area contributed by atoms with E-state index < -0.39 is 0 Å². The fourth-order valence-corrected chi connectivity index (χ4v) is 1.64. The third kappa shape index (κ3) is 6.18. The van der Waals surface area contributed by atoms with Crippen LogP contribution in [0.4, 0.5) is 0 Å². The summed E-state index contributed by atoms with van der Waals surface area (Å²) in [7, 11) is 0. The highest BCUT2D eigenvalue weighted by Gasteiger charge is 2.12. The Balaban J connectivity index is 4.25. The van der Waals surface area contributed by atoms with Gasteiger partial charge in [-0.25, -0.2) is 0 Å². The van der Waals surface area contributed by atoms with E-state index in [1.807, 2.05) is 30.9 Å². The average Bonchev–Trinajstić information content (AvgIpc) is 2.02. The summed E-state index contributed by atoms with van der Waals surface area (Å²) < 4.78 is 7.05. The zero-order valence-electron chi connectivity index (χ0n) is 9.08. The number of ether oxygens (including phenoxy) is 1. The van der Waals surface area contributed by atoms with Crippen LogP contribution in [0.3, 0.4) is 0 Å². The molecule has 0 saturated heterocycles. The number of carbonyl (C=O) groups is 1. The molecule has 80 valence electrons. The zero-order chi connectivity index (χ0) is 11.1. The normalized spacial score (nSPS) is 16.8. The van der Waals surface area contributed by atoms with Crippen LogP contribution >= 0.6 is 22.6 Å². The maximum absolute atomic E-state index is 10.7. The van der Waals surface area contributed by atoms with Crippen LogP contribution in [0.5, 0.6) is 0 Å². The molecule has 0 spiro atoms. The highest BCUT2D eigenvalue weighted by molar-refractivity contribution is 14.1. The quantitative estimate of drug-likeness (QED) is 0.451. The standard InChI is InChI=1S/C11H17IO2/c1-8(5-6-12)7-9(2)10(3)14-11(4)13/h5-7,9-10H,1-4H3/b6-5+,8-7+. The van der Waals surface area contributed by atoms with E-state index in [-0.39, 0.29) is 18.0 Å². The second-order valence-electron chi connectivity index (χ2n) is 3.38. The van der Waals surface area contributed by atoms with E-state index in [4.69, 9.17) is 4.74 Å². The van der Waals surface area contributed by atoms with Crippen LogP contribution in [-0.4, -0.2) is 12.1 Å². The predicted octanol–water partition coefficient (Wildman–Crippen LogP) is 3.47. The lowest BCUT2D eigenvalue weighted by molar-refractivity contribution is -0.146. The van der Waals surface area contributed by atoms with Gasteiger partial charge in [0.25, 0.3) is 0 Å². The molecule has 0 aromatic rings. The maximum Gasteiger partial charge on any atom is 0.302 e. The molecule has 14 heavy (non-hydrogen) atoms. The van der Waals surface area contributed by atoms with Gasteiger partial charge in [-0.05, 0) is 17.9 Å². The van der Waals surface area contributed by atoms with E-state index in [0.717, 1.165) is 0 Å². The van der Waals surface area contributed by atoms with Gasteiger partial charge < -0.3 is 4.74 Å². The Bertz CT molecular complexity index is 244. The van der Waals surface area contributed by atoms with Crippen LogP contribution in [0.25, 0.3) is 0 Å². The van der Waals surface area contributed by atoms with Crippen molar-refractivity contribution in [2.75, 3.05) is 0 Å². The van der Waals surface area contributed by atoms with Gasteiger partial charge in [0.05, 0.1) is 0 Å². The van der Waals surface area contributed by atoms with Gasteiger partial charge in [-0.2, -0.15) is 0 Å². The van der Waals surface area contributed by atoms with E-state index >= 15 is 0 Å². The molecule has 0 rings (SSSR count). The molecule has 0 amide bonds. The minimum atomic E-state index is -0.222. The van der Waals surface area contributed by atoms with Gasteiger partial charge in [0.1, 0.15) is 6.10 Å². The highest BCUT2D eigenvalue weighted by Crippen LogP contribution is 2.12. The lowest BCUT2D eigenvalue weighted by atomic mass is 10.0. The summed E-state index contributed by atoms with van der Waals surface area (Å²) in [5.41, 5.74) is 1.19. The topological polar surface area (TPSA) is 26.3 Å². The van der Waals surface area contributed by atoms with Crippen LogP contribution in [0.15, 0.2) is 21.8 Å². The molecule has 0 fully saturated rings. The van der Waals surface area contributed by atoms with Gasteiger partial charge in [0.15, 0.2) is 0 Å². The molecule has 2 nitrogen and oxygen atoms in total. The fourth-order valence-electron chi connectivity index (χ4n) is 1.07. The van der Waals surface area contributed by atoms with Crippen LogP contribution in [0.2, 0.25) is 0 Å². The van der Waals surface area contributed by atoms with Gasteiger partial charge >= 0.3 is 5.97 Å². The van der Waals surface area contributed by atoms with Crippen molar-refractivity contribution >= 4 is 28.6 Å². The Kier molecular flexibility index (Phi) is 6.87. The van der Waals surface area contributed by atoms with Crippen molar-refractivity contribution in [3.8, 4) is 0 Å². The lowest BCUT2D eigenvalue weighted by Gasteiger charge is -2.16. The van der Waals surface area contributed by atoms with Crippen LogP contribution in [0.1, 0.15) is 27.7 Å². The molecule has 2 unspecified atom stereocenters. The van der Waals surface area contributed by atoms with Crippen LogP contribution in [0, 0.1) is 5.92 Å². The number of carbonyl (C=O) groups excluding carboxylic acids is 1. The third-order valence-corrected chi connectivity index (χ3v) is 2.30. The second-order valence-corrected chi connectivity index (χ2v) is 4.10. The van der Waals surface area contributed by atoms with Crippen molar-refractivity contribution in [3.63, 3.8) is 0 Å². The molecule has 0 N–H and O–H groups in total. The van der Waals surface area contributed by atoms with E-state index in [2.05, 4.69) is 28.7 Å². The van der Waals surface area contributed by atoms with Gasteiger partial charge in [-0.1, -0.05) is 47.2 Å². The van der Waals surface area contributed by atoms with E-state index in [9.17, 15) is 4.79 Å². The van der Waals surface area contributed by atoms with Gasteiger partial charge in [-0.15, -0.1) is 0 Å². The minimum Gasteiger partial charge on any atom is -0.462 e. The average molecular weight is 308 g/mol. The van der Waals surface area contributed by atoms with E-state index in [1.54, 1.807) is 0 Å². The highest BCUT2D eigenvalue weighted by atomic mass is 127. The summed E-state index contributed by atoms with van der Waals surface area (Å²) in [6.45, 7) is 7.42. The maximum atomic E-state index is 10.7. The van der Waals surface area contributed by atoms with Crippen LogP contribution < -0.4 is 0 Å². The molecule has 0 radical (unpaired) electrons. The van der Waals surface area contributed by atoms with Crippen molar-refractivity contribution < 1.29 is 9.53 Å². The first-order valence-corrected chi connectivity index (χ1v) is 5.84. The summed E-state index contributed by atoms with van der Waals surface area (Å²) in [5.74, 6) is 0.0198. The smallest absolute Gasteiger partial charge is 0.302 e. The molecule has 0 bridgehead atoms. The van der Waals surface area contributed by atoms with E-state index in [1.165, 1.54) is 12.5 Å². The van der Waals surface area contributed by atoms with E-state index in [0.29, 0.717) is 0 Å². The van der Waals surface area contributed by atoms with Gasteiger partial charge in [-0.3, -0.25) is 4.79 Å². The number of halogens is 1. The predicted molar refractivity (Wildman–Crippen MR) is 67.3 cm³/mol. The van der Waals surface area contributed by atoms with Crippen LogP contribution in [-0.2, 0) is 9.53 Å². The van der Waals surface area contributed by atoms with Crippen molar-refractivity contribution in [2.24, 2.45) is 5.92 Å². The van der Waals surface area contributed by atoms with Crippen molar-refractivity contribution in [2.45, 2.75) is 33.8 Å². The largest absolute Gasteiger partial charge is 0.462 e. The molecule has 0 aromatic heterocycles. The Morgan fingerprint density at radius 1 is 1.36 bits per heavy atom. The number of esters is 1. The first-order valence-electron chi connectivity index (χ1n) is 4.59. The summed E-state index contributed by atoms with van der Waals surface area (Å²) in [5, 5.41) is 0. The molecular formula is C11H17IO2. The molecule has 0 aliphatic carbocycles. The van der Waals surface area contributed by atoms with Crippen molar-refractivity contribution in [1.29, 1.82) is 0 Å². The number of rotatable bonds is 4. The summed E-state index contributed by atoms with van der Waals surface area (Å²) >= 11 is 2.18. The third-order valence-electron chi connectivity index (χ3n) is 1.94. The fraction of sp³-hybridized carbons (Fsp3) is 0.545. The number of hydrogen-bond donors (Lipinski definition) is 0. The molecule has 0 saturated carbocycles. The summed E-state index contributed by atoms with van der Waals surface area (Å²) in [6.07, 6.45) is 4.06. The summed E-state index contributed by atoms with van der Waals surface area (Å²) in [6, 6.07) is 0. The second kappa shape index (κ2) is 7.04. The summed E-state index contributed by atoms with van der Waals surface area (Å²) in [4.78, 5) is 10.7.